The molecule has 0 aliphatic rings. The Morgan fingerprint density at radius 1 is 1.24 bits per heavy atom. The molecule has 0 heterocycles. The fraction of sp³-hybridized carbons (Fsp3) is 0.500. The average Bonchev–Trinajstić information content (AvgIpc) is 2.28. The summed E-state index contributed by atoms with van der Waals surface area (Å²) in [6, 6.07) is 7.62. The van der Waals surface area contributed by atoms with Crippen LogP contribution in [-0.2, 0) is 0 Å². The molecule has 94 valence electrons. The highest BCUT2D eigenvalue weighted by Crippen LogP contribution is 2.14. The number of anilines is 1. The van der Waals surface area contributed by atoms with Gasteiger partial charge in [0.1, 0.15) is 0 Å². The molecule has 3 nitrogen and oxygen atoms in total. The van der Waals surface area contributed by atoms with Crippen molar-refractivity contribution in [3.63, 3.8) is 0 Å². The van der Waals surface area contributed by atoms with Gasteiger partial charge in [0.15, 0.2) is 0 Å². The van der Waals surface area contributed by atoms with E-state index in [1.54, 1.807) is 0 Å². The van der Waals surface area contributed by atoms with Gasteiger partial charge in [-0.2, -0.15) is 0 Å². The minimum absolute atomic E-state index is 0.0119. The van der Waals surface area contributed by atoms with E-state index in [-0.39, 0.29) is 11.4 Å². The Kier molecular flexibility index (Phi) is 4.16. The second-order valence-electron chi connectivity index (χ2n) is 5.13. The zero-order chi connectivity index (χ0) is 13.1. The Balaban J connectivity index is 2.77. The van der Waals surface area contributed by atoms with Gasteiger partial charge in [0.25, 0.3) is 5.91 Å². The fourth-order valence-corrected chi connectivity index (χ4v) is 1.38. The van der Waals surface area contributed by atoms with Gasteiger partial charge in [0.2, 0.25) is 0 Å². The van der Waals surface area contributed by atoms with Crippen LogP contribution < -0.4 is 10.2 Å². The lowest BCUT2D eigenvalue weighted by Gasteiger charge is -2.24. The summed E-state index contributed by atoms with van der Waals surface area (Å²) in [4.78, 5) is 14.0. The van der Waals surface area contributed by atoms with Crippen LogP contribution in [0.4, 0.5) is 5.69 Å². The van der Waals surface area contributed by atoms with E-state index < -0.39 is 0 Å². The first-order chi connectivity index (χ1) is 7.85. The monoisotopic (exact) mass is 234 g/mol. The van der Waals surface area contributed by atoms with E-state index in [2.05, 4.69) is 12.2 Å². The van der Waals surface area contributed by atoms with Crippen LogP contribution in [0.3, 0.4) is 0 Å². The van der Waals surface area contributed by atoms with Gasteiger partial charge in [-0.05, 0) is 44.5 Å². The van der Waals surface area contributed by atoms with Crippen molar-refractivity contribution in [2.24, 2.45) is 0 Å². The number of benzene rings is 1. The van der Waals surface area contributed by atoms with Gasteiger partial charge in [-0.25, -0.2) is 0 Å². The smallest absolute Gasteiger partial charge is 0.251 e. The van der Waals surface area contributed by atoms with Crippen LogP contribution in [0.5, 0.6) is 0 Å². The lowest BCUT2D eigenvalue weighted by atomic mass is 10.0. The molecule has 3 heteroatoms. The van der Waals surface area contributed by atoms with Gasteiger partial charge in [-0.1, -0.05) is 6.92 Å². The van der Waals surface area contributed by atoms with Crippen molar-refractivity contribution in [2.45, 2.75) is 32.7 Å². The third-order valence-corrected chi connectivity index (χ3v) is 2.98. The predicted octanol–water partition coefficient (Wildman–Crippen LogP) is 2.67. The second kappa shape index (κ2) is 5.21. The summed E-state index contributed by atoms with van der Waals surface area (Å²) in [5.74, 6) is -0.0119. The zero-order valence-electron chi connectivity index (χ0n) is 11.4. The highest BCUT2D eigenvalue weighted by atomic mass is 16.1. The number of nitrogens with one attached hydrogen (secondary N) is 1. The maximum Gasteiger partial charge on any atom is 0.251 e. The summed E-state index contributed by atoms with van der Waals surface area (Å²) in [6.45, 7) is 6.12. The summed E-state index contributed by atoms with van der Waals surface area (Å²) < 4.78 is 0. The molecule has 1 amide bonds. The van der Waals surface area contributed by atoms with Crippen LogP contribution in [-0.4, -0.2) is 25.5 Å². The van der Waals surface area contributed by atoms with Gasteiger partial charge in [0.05, 0.1) is 0 Å². The van der Waals surface area contributed by atoms with Crippen LogP contribution in [0.1, 0.15) is 37.6 Å². The van der Waals surface area contributed by atoms with Crippen LogP contribution in [0, 0.1) is 0 Å². The first-order valence-corrected chi connectivity index (χ1v) is 5.95. The topological polar surface area (TPSA) is 32.3 Å². The molecule has 1 rings (SSSR count). The summed E-state index contributed by atoms with van der Waals surface area (Å²) in [6.07, 6.45) is 0.911. The van der Waals surface area contributed by atoms with Gasteiger partial charge < -0.3 is 10.2 Å². The Morgan fingerprint density at radius 2 is 1.76 bits per heavy atom. The van der Waals surface area contributed by atoms with Crippen molar-refractivity contribution in [2.75, 3.05) is 19.0 Å². The van der Waals surface area contributed by atoms with Crippen molar-refractivity contribution in [1.29, 1.82) is 0 Å². The van der Waals surface area contributed by atoms with E-state index in [0.29, 0.717) is 5.56 Å². The highest BCUT2D eigenvalue weighted by molar-refractivity contribution is 5.95. The summed E-state index contributed by atoms with van der Waals surface area (Å²) in [5.41, 5.74) is 1.64. The molecular weight excluding hydrogens is 212 g/mol. The van der Waals surface area contributed by atoms with Crippen molar-refractivity contribution < 1.29 is 4.79 Å². The molecule has 0 aliphatic carbocycles. The maximum atomic E-state index is 12.0. The molecule has 0 spiro atoms. The zero-order valence-corrected chi connectivity index (χ0v) is 11.4. The first kappa shape index (κ1) is 13.6. The van der Waals surface area contributed by atoms with Gasteiger partial charge >= 0.3 is 0 Å². The molecule has 17 heavy (non-hydrogen) atoms. The molecule has 0 saturated heterocycles. The van der Waals surface area contributed by atoms with Gasteiger partial charge in [-0.3, -0.25) is 4.79 Å². The number of carbonyl (C=O) groups excluding carboxylic acids is 1. The van der Waals surface area contributed by atoms with Gasteiger partial charge in [-0.15, -0.1) is 0 Å². The summed E-state index contributed by atoms with van der Waals surface area (Å²) >= 11 is 0. The Hall–Kier alpha value is -1.51. The molecule has 0 fully saturated rings. The van der Waals surface area contributed by atoms with E-state index >= 15 is 0 Å². The molecule has 0 unspecified atom stereocenters. The first-order valence-electron chi connectivity index (χ1n) is 5.95. The molecular formula is C14H22N2O. The molecule has 1 aromatic carbocycles. The predicted molar refractivity (Wildman–Crippen MR) is 72.6 cm³/mol. The van der Waals surface area contributed by atoms with Crippen molar-refractivity contribution in [3.8, 4) is 0 Å². The molecule has 0 saturated carbocycles. The highest BCUT2D eigenvalue weighted by Gasteiger charge is 2.18. The van der Waals surface area contributed by atoms with E-state index in [1.807, 2.05) is 57.1 Å². The van der Waals surface area contributed by atoms with E-state index in [9.17, 15) is 4.79 Å². The number of hydrogen-bond donors (Lipinski definition) is 1. The molecule has 1 aromatic rings. The maximum absolute atomic E-state index is 12.0. The lowest BCUT2D eigenvalue weighted by Crippen LogP contribution is -2.42. The number of nitrogens with zero attached hydrogens (tertiary/aromatic N) is 1. The quantitative estimate of drug-likeness (QED) is 0.868. The second-order valence-corrected chi connectivity index (χ2v) is 5.13. The molecule has 0 aromatic heterocycles. The fourth-order valence-electron chi connectivity index (χ4n) is 1.38. The van der Waals surface area contributed by atoms with Gasteiger partial charge in [0, 0.05) is 30.9 Å². The lowest BCUT2D eigenvalue weighted by molar-refractivity contribution is 0.0911. The van der Waals surface area contributed by atoms with Crippen molar-refractivity contribution in [1.82, 2.24) is 5.32 Å². The molecule has 0 bridgehead atoms. The van der Waals surface area contributed by atoms with Crippen LogP contribution in [0.15, 0.2) is 24.3 Å². The van der Waals surface area contributed by atoms with E-state index in [0.717, 1.165) is 12.1 Å². The SMILES string of the molecule is CCC(C)(C)NC(=O)c1ccc(N(C)C)cc1. The minimum Gasteiger partial charge on any atom is -0.378 e. The Labute approximate surface area is 104 Å². The summed E-state index contributed by atoms with van der Waals surface area (Å²) in [5, 5.41) is 3.02. The number of amides is 1. The molecule has 0 radical (unpaired) electrons. The van der Waals surface area contributed by atoms with E-state index in [4.69, 9.17) is 0 Å². The number of rotatable bonds is 4. The number of carbonyl (C=O) groups is 1. The van der Waals surface area contributed by atoms with Crippen LogP contribution in [0.25, 0.3) is 0 Å². The van der Waals surface area contributed by atoms with Crippen LogP contribution >= 0.6 is 0 Å². The molecule has 0 atom stereocenters. The third-order valence-electron chi connectivity index (χ3n) is 2.98. The minimum atomic E-state index is -0.155. The van der Waals surface area contributed by atoms with Crippen molar-refractivity contribution in [3.05, 3.63) is 29.8 Å². The Bertz CT molecular complexity index is 380. The Morgan fingerprint density at radius 3 is 2.18 bits per heavy atom. The largest absolute Gasteiger partial charge is 0.378 e. The van der Waals surface area contributed by atoms with E-state index in [1.165, 1.54) is 0 Å². The summed E-state index contributed by atoms with van der Waals surface area (Å²) in [7, 11) is 3.96. The molecule has 1 N–H and O–H groups in total. The third kappa shape index (κ3) is 3.77. The number of hydrogen-bond acceptors (Lipinski definition) is 2. The van der Waals surface area contributed by atoms with Crippen molar-refractivity contribution >= 4 is 11.6 Å². The average molecular weight is 234 g/mol. The van der Waals surface area contributed by atoms with Crippen LogP contribution in [0.2, 0.25) is 0 Å². The normalized spacial score (nSPS) is 11.1. The standard InChI is InChI=1S/C14H22N2O/c1-6-14(2,3)15-13(17)11-7-9-12(10-8-11)16(4)5/h7-10H,6H2,1-5H3,(H,15,17). The molecule has 0 aliphatic heterocycles.